The lowest BCUT2D eigenvalue weighted by atomic mass is 10.1. The number of aromatic hydroxyl groups is 2. The van der Waals surface area contributed by atoms with Crippen molar-refractivity contribution in [3.05, 3.63) is 46.8 Å². The molecular weight excluding hydrogens is 312 g/mol. The third-order valence-electron chi connectivity index (χ3n) is 3.58. The zero-order valence-corrected chi connectivity index (χ0v) is 13.6. The van der Waals surface area contributed by atoms with Gasteiger partial charge in [0.15, 0.2) is 6.61 Å². The van der Waals surface area contributed by atoms with Gasteiger partial charge in [0, 0.05) is 30.4 Å². The standard InChI is InChI=1S/C17H18N2O5/c1-10-13(11(2)19(3)18-10)6-7-17(23)24-9-16(22)14-5-4-12(20)8-15(14)21/h4-8,20-21H,9H2,1-3H3. The van der Waals surface area contributed by atoms with Gasteiger partial charge in [-0.2, -0.15) is 5.10 Å². The van der Waals surface area contributed by atoms with Crippen molar-refractivity contribution in [3.8, 4) is 11.5 Å². The second-order valence-corrected chi connectivity index (χ2v) is 5.27. The van der Waals surface area contributed by atoms with Crippen molar-refractivity contribution in [1.29, 1.82) is 0 Å². The molecule has 0 saturated carbocycles. The van der Waals surface area contributed by atoms with Crippen LogP contribution in [0, 0.1) is 13.8 Å². The number of benzene rings is 1. The molecule has 0 spiro atoms. The average Bonchev–Trinajstić information content (AvgIpc) is 2.75. The van der Waals surface area contributed by atoms with E-state index >= 15 is 0 Å². The van der Waals surface area contributed by atoms with E-state index in [9.17, 15) is 19.8 Å². The number of nitrogens with zero attached hydrogens (tertiary/aromatic N) is 2. The summed E-state index contributed by atoms with van der Waals surface area (Å²) in [5.41, 5.74) is 2.48. The highest BCUT2D eigenvalue weighted by Gasteiger charge is 2.14. The zero-order valence-electron chi connectivity index (χ0n) is 13.6. The smallest absolute Gasteiger partial charge is 0.331 e. The minimum Gasteiger partial charge on any atom is -0.508 e. The van der Waals surface area contributed by atoms with Crippen molar-refractivity contribution in [2.45, 2.75) is 13.8 Å². The average molecular weight is 330 g/mol. The molecule has 0 amide bonds. The molecular formula is C17H18N2O5. The van der Waals surface area contributed by atoms with Crippen LogP contribution in [0.15, 0.2) is 24.3 Å². The first-order valence-corrected chi connectivity index (χ1v) is 7.19. The van der Waals surface area contributed by atoms with Gasteiger partial charge in [0.05, 0.1) is 11.3 Å². The van der Waals surface area contributed by atoms with E-state index in [1.807, 2.05) is 13.8 Å². The van der Waals surface area contributed by atoms with Gasteiger partial charge >= 0.3 is 5.97 Å². The molecule has 0 bridgehead atoms. The lowest BCUT2D eigenvalue weighted by Crippen LogP contribution is -2.12. The van der Waals surface area contributed by atoms with Crippen LogP contribution in [0.3, 0.4) is 0 Å². The number of phenolic OH excluding ortho intramolecular Hbond substituents is 2. The Kier molecular flexibility index (Phi) is 5.03. The summed E-state index contributed by atoms with van der Waals surface area (Å²) in [5, 5.41) is 23.0. The summed E-state index contributed by atoms with van der Waals surface area (Å²) in [6, 6.07) is 3.57. The van der Waals surface area contributed by atoms with Crippen LogP contribution >= 0.6 is 0 Å². The van der Waals surface area contributed by atoms with Gasteiger partial charge in [-0.15, -0.1) is 0 Å². The first-order valence-electron chi connectivity index (χ1n) is 7.19. The van der Waals surface area contributed by atoms with Gasteiger partial charge in [-0.1, -0.05) is 0 Å². The summed E-state index contributed by atoms with van der Waals surface area (Å²) >= 11 is 0. The van der Waals surface area contributed by atoms with Crippen LogP contribution in [-0.4, -0.2) is 38.4 Å². The Balaban J connectivity index is 1.98. The monoisotopic (exact) mass is 330 g/mol. The molecule has 2 aromatic rings. The highest BCUT2D eigenvalue weighted by Crippen LogP contribution is 2.23. The normalized spacial score (nSPS) is 11.0. The molecule has 2 N–H and O–H groups in total. The van der Waals surface area contributed by atoms with E-state index in [0.717, 1.165) is 23.0 Å². The number of hydrogen-bond donors (Lipinski definition) is 2. The number of rotatable bonds is 5. The number of Topliss-reactive ketones (excluding diaryl/α,β-unsaturated/α-hetero) is 1. The first kappa shape index (κ1) is 17.3. The third kappa shape index (κ3) is 3.81. The van der Waals surface area contributed by atoms with Gasteiger partial charge in [0.2, 0.25) is 5.78 Å². The van der Waals surface area contributed by atoms with Crippen LogP contribution in [0.2, 0.25) is 0 Å². The van der Waals surface area contributed by atoms with Crippen LogP contribution in [0.4, 0.5) is 0 Å². The molecule has 1 aromatic carbocycles. The van der Waals surface area contributed by atoms with E-state index in [1.165, 1.54) is 18.2 Å². The van der Waals surface area contributed by atoms with E-state index in [4.69, 9.17) is 4.74 Å². The van der Waals surface area contributed by atoms with Gasteiger partial charge in [-0.3, -0.25) is 9.48 Å². The Morgan fingerprint density at radius 3 is 2.58 bits per heavy atom. The molecule has 0 saturated heterocycles. The topological polar surface area (TPSA) is 102 Å². The number of carbonyl (C=O) groups is 2. The maximum Gasteiger partial charge on any atom is 0.331 e. The molecule has 7 heteroatoms. The van der Waals surface area contributed by atoms with Gasteiger partial charge in [-0.05, 0) is 32.1 Å². The third-order valence-corrected chi connectivity index (χ3v) is 3.58. The Labute approximate surface area is 138 Å². The fraction of sp³-hybridized carbons (Fsp3) is 0.235. The number of phenols is 2. The van der Waals surface area contributed by atoms with Crippen LogP contribution in [0.1, 0.15) is 27.3 Å². The molecule has 0 fully saturated rings. The Morgan fingerprint density at radius 2 is 2.00 bits per heavy atom. The summed E-state index contributed by atoms with van der Waals surface area (Å²) in [6.07, 6.45) is 2.81. The highest BCUT2D eigenvalue weighted by molar-refractivity contribution is 6.01. The molecule has 0 atom stereocenters. The summed E-state index contributed by atoms with van der Waals surface area (Å²) in [4.78, 5) is 23.6. The molecule has 126 valence electrons. The van der Waals surface area contributed by atoms with E-state index in [2.05, 4.69) is 5.10 Å². The number of aryl methyl sites for hydroxylation is 2. The molecule has 0 aliphatic heterocycles. The fourth-order valence-corrected chi connectivity index (χ4v) is 2.20. The Bertz CT molecular complexity index is 821. The van der Waals surface area contributed by atoms with Crippen LogP contribution in [-0.2, 0) is 16.6 Å². The van der Waals surface area contributed by atoms with Crippen LogP contribution in [0.5, 0.6) is 11.5 Å². The van der Waals surface area contributed by atoms with Crippen LogP contribution in [0.25, 0.3) is 6.08 Å². The Hall–Kier alpha value is -3.09. The van der Waals surface area contributed by atoms with Crippen molar-refractivity contribution in [3.63, 3.8) is 0 Å². The van der Waals surface area contributed by atoms with E-state index in [0.29, 0.717) is 0 Å². The fourth-order valence-electron chi connectivity index (χ4n) is 2.20. The summed E-state index contributed by atoms with van der Waals surface area (Å²) in [6.45, 7) is 3.20. The molecule has 0 aliphatic carbocycles. The number of ketones is 1. The Morgan fingerprint density at radius 1 is 1.29 bits per heavy atom. The van der Waals surface area contributed by atoms with E-state index in [-0.39, 0.29) is 17.1 Å². The van der Waals surface area contributed by atoms with Crippen molar-refractivity contribution in [2.24, 2.45) is 7.05 Å². The van der Waals surface area contributed by atoms with Crippen LogP contribution < -0.4 is 0 Å². The predicted molar refractivity (Wildman–Crippen MR) is 86.8 cm³/mol. The molecule has 0 radical (unpaired) electrons. The number of carbonyl (C=O) groups excluding carboxylic acids is 2. The predicted octanol–water partition coefficient (Wildman–Crippen LogP) is 1.89. The largest absolute Gasteiger partial charge is 0.508 e. The van der Waals surface area contributed by atoms with E-state index < -0.39 is 18.4 Å². The number of esters is 1. The quantitative estimate of drug-likeness (QED) is 0.493. The lowest BCUT2D eigenvalue weighted by molar-refractivity contribution is -0.136. The minimum absolute atomic E-state index is 0.0245. The van der Waals surface area contributed by atoms with Gasteiger partial charge in [0.25, 0.3) is 0 Å². The summed E-state index contributed by atoms with van der Waals surface area (Å²) in [5.74, 6) is -1.77. The highest BCUT2D eigenvalue weighted by atomic mass is 16.5. The molecule has 24 heavy (non-hydrogen) atoms. The molecule has 2 rings (SSSR count). The summed E-state index contributed by atoms with van der Waals surface area (Å²) in [7, 11) is 1.81. The second-order valence-electron chi connectivity index (χ2n) is 5.27. The van der Waals surface area contributed by atoms with Crippen molar-refractivity contribution >= 4 is 17.8 Å². The molecule has 0 aliphatic rings. The van der Waals surface area contributed by atoms with Crippen molar-refractivity contribution < 1.29 is 24.5 Å². The maximum atomic E-state index is 11.9. The summed E-state index contributed by atoms with van der Waals surface area (Å²) < 4.78 is 6.58. The maximum absolute atomic E-state index is 11.9. The van der Waals surface area contributed by atoms with E-state index in [1.54, 1.807) is 17.8 Å². The number of aromatic nitrogens is 2. The van der Waals surface area contributed by atoms with Crippen molar-refractivity contribution in [2.75, 3.05) is 6.61 Å². The second kappa shape index (κ2) is 6.99. The lowest BCUT2D eigenvalue weighted by Gasteiger charge is -2.04. The first-order chi connectivity index (χ1) is 11.3. The van der Waals surface area contributed by atoms with Crippen molar-refractivity contribution in [1.82, 2.24) is 9.78 Å². The molecule has 1 heterocycles. The zero-order chi connectivity index (χ0) is 17.9. The molecule has 0 unspecified atom stereocenters. The minimum atomic E-state index is -0.677. The number of ether oxygens (including phenoxy) is 1. The number of hydrogen-bond acceptors (Lipinski definition) is 6. The van der Waals surface area contributed by atoms with Gasteiger partial charge in [0.1, 0.15) is 11.5 Å². The molecule has 7 nitrogen and oxygen atoms in total. The van der Waals surface area contributed by atoms with Gasteiger partial charge in [-0.25, -0.2) is 4.79 Å². The van der Waals surface area contributed by atoms with Gasteiger partial charge < -0.3 is 14.9 Å². The molecule has 1 aromatic heterocycles. The SMILES string of the molecule is Cc1nn(C)c(C)c1C=CC(=O)OCC(=O)c1ccc(O)cc1O.